The first-order chi connectivity index (χ1) is 38.7. The van der Waals surface area contributed by atoms with E-state index < -0.39 is 34.6 Å². The number of hydrogen-bond acceptors (Lipinski definition) is 5. The van der Waals surface area contributed by atoms with E-state index in [0.717, 1.165) is 22.3 Å². The first-order valence-electron chi connectivity index (χ1n) is 24.7. The predicted molar refractivity (Wildman–Crippen MR) is 296 cm³/mol. The molecule has 0 unspecified atom stereocenters. The molecule has 12 rings (SSSR count). The summed E-state index contributed by atoms with van der Waals surface area (Å²) in [5.74, 6) is 0. The number of alkyl halides is 6. The van der Waals surface area contributed by atoms with E-state index in [4.69, 9.17) is 0 Å². The van der Waals surface area contributed by atoms with Crippen LogP contribution in [0.2, 0.25) is 0 Å². The zero-order chi connectivity index (χ0) is 55.6. The molecule has 2 aromatic heterocycles. The van der Waals surface area contributed by atoms with E-state index in [0.29, 0.717) is 106 Å². The van der Waals surface area contributed by atoms with Crippen molar-refractivity contribution < 1.29 is 26.3 Å². The number of rotatable bonds is 7. The molecule has 0 atom stereocenters. The van der Waals surface area contributed by atoms with Crippen LogP contribution in [0.1, 0.15) is 38.9 Å². The standard InChI is InChI=1S/C67H33F6N7/c68-66(69,70)57-14-5-15-58(67(71,72)73)64(57)51-20-25-63(79-59-21-16-47(43-10-1-6-39(26-43)34-74)30-52(59)53-31-48(17-22-60(53)79)44-11-2-7-40(27-44)35-75)56(38-78)65(51)80-61-23-18-49(45-12-3-8-41(28-45)36-76)32-54(61)55-33-50(19-24-62(55)80)46-13-4-9-42(29-46)37-77/h1-33H. The highest BCUT2D eigenvalue weighted by atomic mass is 19.4. The van der Waals surface area contributed by atoms with Crippen molar-refractivity contribution in [2.45, 2.75) is 12.4 Å². The summed E-state index contributed by atoms with van der Waals surface area (Å²) in [5, 5.41) is 53.5. The molecular weight excluding hydrogens is 1020 g/mol. The number of nitrogens with zero attached hydrogens (tertiary/aromatic N) is 7. The fraction of sp³-hybridized carbons (Fsp3) is 0.0299. The third kappa shape index (κ3) is 8.39. The van der Waals surface area contributed by atoms with Gasteiger partial charge in [-0.05, 0) is 160 Å². The fourth-order valence-corrected chi connectivity index (χ4v) is 11.0. The number of aromatic nitrogens is 2. The molecule has 7 nitrogen and oxygen atoms in total. The van der Waals surface area contributed by atoms with Crippen LogP contribution in [0.25, 0.3) is 111 Å². The fourth-order valence-electron chi connectivity index (χ4n) is 11.0. The van der Waals surface area contributed by atoms with Gasteiger partial charge < -0.3 is 9.13 Å². The van der Waals surface area contributed by atoms with Gasteiger partial charge in [-0.3, -0.25) is 0 Å². The van der Waals surface area contributed by atoms with E-state index in [-0.39, 0.29) is 16.9 Å². The second-order valence-electron chi connectivity index (χ2n) is 19.1. The minimum Gasteiger partial charge on any atom is -0.308 e. The van der Waals surface area contributed by atoms with Gasteiger partial charge in [-0.15, -0.1) is 0 Å². The third-order valence-electron chi connectivity index (χ3n) is 14.5. The molecule has 0 aliphatic heterocycles. The largest absolute Gasteiger partial charge is 0.417 e. The Morgan fingerprint density at radius 3 is 0.938 bits per heavy atom. The van der Waals surface area contributed by atoms with Crippen molar-refractivity contribution in [1.29, 1.82) is 26.3 Å². The van der Waals surface area contributed by atoms with Crippen LogP contribution in [0, 0.1) is 56.7 Å². The van der Waals surface area contributed by atoms with Crippen molar-refractivity contribution in [3.63, 3.8) is 0 Å². The van der Waals surface area contributed by atoms with Gasteiger partial charge in [0.2, 0.25) is 0 Å². The highest BCUT2D eigenvalue weighted by Crippen LogP contribution is 2.50. The number of fused-ring (bicyclic) bond motifs is 6. The minimum absolute atomic E-state index is 0.132. The van der Waals surface area contributed by atoms with Crippen molar-refractivity contribution in [2.24, 2.45) is 0 Å². The zero-order valence-corrected chi connectivity index (χ0v) is 41.5. The maximum Gasteiger partial charge on any atom is 0.417 e. The Labute approximate surface area is 452 Å². The lowest BCUT2D eigenvalue weighted by atomic mass is 9.90. The van der Waals surface area contributed by atoms with E-state index in [9.17, 15) is 26.3 Å². The number of benzene rings is 10. The van der Waals surface area contributed by atoms with E-state index in [1.54, 1.807) is 106 Å². The van der Waals surface area contributed by atoms with Gasteiger partial charge in [-0.2, -0.15) is 52.7 Å². The maximum absolute atomic E-state index is 15.5. The lowest BCUT2D eigenvalue weighted by molar-refractivity contribution is -0.142. The summed E-state index contributed by atoms with van der Waals surface area (Å²) >= 11 is 0. The topological polar surface area (TPSA) is 129 Å². The summed E-state index contributed by atoms with van der Waals surface area (Å²) < 4.78 is 96.4. The zero-order valence-electron chi connectivity index (χ0n) is 41.5. The summed E-state index contributed by atoms with van der Waals surface area (Å²) in [6.07, 6.45) is -10.6. The van der Waals surface area contributed by atoms with Crippen LogP contribution >= 0.6 is 0 Å². The average molecular weight is 1050 g/mol. The van der Waals surface area contributed by atoms with Gasteiger partial charge in [0.25, 0.3) is 0 Å². The highest BCUT2D eigenvalue weighted by Gasteiger charge is 2.42. The molecule has 0 fully saturated rings. The molecule has 0 N–H and O–H groups in total. The van der Waals surface area contributed by atoms with E-state index in [1.807, 2.05) is 72.8 Å². The molecule has 0 saturated carbocycles. The predicted octanol–water partition coefficient (Wildman–Crippen LogP) is 17.6. The van der Waals surface area contributed by atoms with Crippen LogP contribution in [0.4, 0.5) is 26.3 Å². The Morgan fingerprint density at radius 2 is 0.625 bits per heavy atom. The molecule has 13 heteroatoms. The molecule has 0 bridgehead atoms. The Hall–Kier alpha value is -11.2. The Balaban J connectivity index is 1.23. The summed E-state index contributed by atoms with van der Waals surface area (Å²) in [6.45, 7) is 0. The molecule has 378 valence electrons. The van der Waals surface area contributed by atoms with Crippen molar-refractivity contribution >= 4 is 43.6 Å². The first kappa shape index (κ1) is 49.7. The Kier molecular flexibility index (Phi) is 11.9. The monoisotopic (exact) mass is 1050 g/mol. The van der Waals surface area contributed by atoms with E-state index in [1.165, 1.54) is 12.1 Å². The lowest BCUT2D eigenvalue weighted by Gasteiger charge is -2.24. The van der Waals surface area contributed by atoms with Gasteiger partial charge in [-0.25, -0.2) is 0 Å². The number of halogens is 6. The minimum atomic E-state index is -5.30. The molecule has 12 aromatic rings. The molecular formula is C67H33F6N7. The number of nitriles is 5. The van der Waals surface area contributed by atoms with Crippen LogP contribution in [-0.2, 0) is 12.4 Å². The van der Waals surface area contributed by atoms with Gasteiger partial charge in [0, 0.05) is 32.7 Å². The third-order valence-corrected chi connectivity index (χ3v) is 14.5. The Morgan fingerprint density at radius 1 is 0.312 bits per heavy atom. The van der Waals surface area contributed by atoms with Crippen LogP contribution < -0.4 is 0 Å². The van der Waals surface area contributed by atoms with Crippen molar-refractivity contribution in [3.8, 4) is 97.4 Å². The van der Waals surface area contributed by atoms with Gasteiger partial charge in [-0.1, -0.05) is 84.9 Å². The smallest absolute Gasteiger partial charge is 0.308 e. The van der Waals surface area contributed by atoms with Crippen LogP contribution in [0.15, 0.2) is 200 Å². The van der Waals surface area contributed by atoms with Gasteiger partial charge in [0.1, 0.15) is 11.6 Å². The molecule has 0 spiro atoms. The molecule has 0 saturated heterocycles. The molecule has 80 heavy (non-hydrogen) atoms. The highest BCUT2D eigenvalue weighted by molar-refractivity contribution is 6.14. The maximum atomic E-state index is 15.5. The summed E-state index contributed by atoms with van der Waals surface area (Å²) in [7, 11) is 0. The SMILES string of the molecule is N#Cc1cccc(-c2ccc3c(c2)c2cc(-c4cccc(C#N)c4)ccc2n3-c2ccc(-c3c(C(F)(F)F)cccc3C(F)(F)F)c(-n3c4ccc(-c5cccc(C#N)c5)cc4c4cc(-c5cccc(C#N)c5)ccc43)c2C#N)c1. The van der Waals surface area contributed by atoms with Crippen molar-refractivity contribution in [1.82, 2.24) is 9.13 Å². The molecule has 10 aromatic carbocycles. The van der Waals surface area contributed by atoms with Crippen molar-refractivity contribution in [3.05, 3.63) is 239 Å². The van der Waals surface area contributed by atoms with E-state index in [2.05, 4.69) is 30.3 Å². The summed E-state index contributed by atoms with van der Waals surface area (Å²) in [4.78, 5) is 0. The van der Waals surface area contributed by atoms with Crippen molar-refractivity contribution in [2.75, 3.05) is 0 Å². The van der Waals surface area contributed by atoms with Crippen LogP contribution in [0.5, 0.6) is 0 Å². The second-order valence-corrected chi connectivity index (χ2v) is 19.1. The normalized spacial score (nSPS) is 11.6. The molecule has 0 radical (unpaired) electrons. The molecule has 2 heterocycles. The molecule has 0 aliphatic rings. The first-order valence-corrected chi connectivity index (χ1v) is 24.7. The lowest BCUT2D eigenvalue weighted by Crippen LogP contribution is -2.16. The van der Waals surface area contributed by atoms with E-state index >= 15 is 26.3 Å². The van der Waals surface area contributed by atoms with Gasteiger partial charge in [0.15, 0.2) is 0 Å². The average Bonchev–Trinajstić information content (AvgIpc) is 4.14. The molecule has 0 aliphatic carbocycles. The number of hydrogen-bond donors (Lipinski definition) is 0. The second kappa shape index (κ2) is 19.1. The summed E-state index contributed by atoms with van der Waals surface area (Å²) in [6, 6.07) is 65.1. The van der Waals surface area contributed by atoms with Crippen LogP contribution in [0.3, 0.4) is 0 Å². The molecule has 0 amide bonds. The van der Waals surface area contributed by atoms with Gasteiger partial charge >= 0.3 is 12.4 Å². The summed E-state index contributed by atoms with van der Waals surface area (Å²) in [5.41, 5.74) is 3.61. The van der Waals surface area contributed by atoms with Gasteiger partial charge in [0.05, 0.1) is 91.1 Å². The quantitative estimate of drug-likeness (QED) is 0.147. The Bertz CT molecular complexity index is 4570. The van der Waals surface area contributed by atoms with Crippen LogP contribution in [-0.4, -0.2) is 9.13 Å².